The van der Waals surface area contributed by atoms with Gasteiger partial charge in [-0.2, -0.15) is 0 Å². The van der Waals surface area contributed by atoms with Gasteiger partial charge in [0.25, 0.3) is 0 Å². The molecule has 0 fully saturated rings. The quantitative estimate of drug-likeness (QED) is 0.763. The van der Waals surface area contributed by atoms with Crippen molar-refractivity contribution in [3.05, 3.63) is 59.9 Å². The molecule has 0 radical (unpaired) electrons. The third-order valence-electron chi connectivity index (χ3n) is 3.14. The van der Waals surface area contributed by atoms with Gasteiger partial charge in [0.05, 0.1) is 0 Å². The van der Waals surface area contributed by atoms with Crippen LogP contribution in [0.25, 0.3) is 11.0 Å². The number of ether oxygens (including phenoxy) is 1. The highest BCUT2D eigenvalue weighted by molar-refractivity contribution is 5.81. The fourth-order valence-corrected chi connectivity index (χ4v) is 2.12. The molecule has 3 rings (SSSR count). The van der Waals surface area contributed by atoms with Gasteiger partial charge in [-0.15, -0.1) is 0 Å². The summed E-state index contributed by atoms with van der Waals surface area (Å²) >= 11 is 0. The van der Waals surface area contributed by atoms with E-state index in [2.05, 4.69) is 0 Å². The highest BCUT2D eigenvalue weighted by Crippen LogP contribution is 2.24. The molecule has 0 unspecified atom stereocenters. The van der Waals surface area contributed by atoms with E-state index in [1.807, 2.05) is 24.3 Å². The Morgan fingerprint density at radius 1 is 1.10 bits per heavy atom. The molecular formula is C16H15NO3. The second-order valence-electron chi connectivity index (χ2n) is 4.53. The molecule has 0 aliphatic heterocycles. The lowest BCUT2D eigenvalue weighted by Crippen LogP contribution is -1.95. The van der Waals surface area contributed by atoms with E-state index in [1.54, 1.807) is 24.3 Å². The second kappa shape index (κ2) is 5.27. The number of rotatable bonds is 4. The fraction of sp³-hybridized carbons (Fsp3) is 0.125. The monoisotopic (exact) mass is 269 g/mol. The Balaban J connectivity index is 1.79. The predicted octanol–water partition coefficient (Wildman–Crippen LogP) is 3.18. The maximum atomic E-state index is 9.21. The summed E-state index contributed by atoms with van der Waals surface area (Å²) in [6, 6.07) is 14.4. The molecule has 0 aliphatic rings. The molecule has 1 heterocycles. The molecule has 3 aromatic rings. The summed E-state index contributed by atoms with van der Waals surface area (Å²) in [6.45, 7) is 0.818. The summed E-state index contributed by atoms with van der Waals surface area (Å²) in [6.07, 6.45) is 0. The normalized spacial score (nSPS) is 10.8. The van der Waals surface area contributed by atoms with E-state index in [-0.39, 0.29) is 5.75 Å². The molecule has 4 nitrogen and oxygen atoms in total. The van der Waals surface area contributed by atoms with Crippen LogP contribution in [0.4, 0.5) is 0 Å². The lowest BCUT2D eigenvalue weighted by molar-refractivity contribution is 0.274. The molecule has 4 heteroatoms. The predicted molar refractivity (Wildman–Crippen MR) is 76.5 cm³/mol. The topological polar surface area (TPSA) is 68.6 Å². The first-order chi connectivity index (χ1) is 9.76. The van der Waals surface area contributed by atoms with Crippen LogP contribution in [0.1, 0.15) is 11.3 Å². The van der Waals surface area contributed by atoms with Crippen molar-refractivity contribution in [2.45, 2.75) is 13.2 Å². The number of furan rings is 1. The first-order valence-corrected chi connectivity index (χ1v) is 6.38. The van der Waals surface area contributed by atoms with Crippen LogP contribution in [0.3, 0.4) is 0 Å². The molecule has 0 saturated carbocycles. The molecule has 0 atom stereocenters. The van der Waals surface area contributed by atoms with Crippen LogP contribution in [-0.4, -0.2) is 5.11 Å². The molecule has 0 amide bonds. The first-order valence-electron chi connectivity index (χ1n) is 6.38. The smallest absolute Gasteiger partial charge is 0.146 e. The van der Waals surface area contributed by atoms with Gasteiger partial charge in [0.1, 0.15) is 29.4 Å². The van der Waals surface area contributed by atoms with E-state index in [0.29, 0.717) is 18.9 Å². The van der Waals surface area contributed by atoms with Crippen molar-refractivity contribution in [1.82, 2.24) is 0 Å². The molecule has 0 bridgehead atoms. The number of phenols is 1. The number of phenolic OH excluding ortho intramolecular Hbond substituents is 1. The summed E-state index contributed by atoms with van der Waals surface area (Å²) in [5.74, 6) is 1.64. The Kier molecular flexibility index (Phi) is 3.31. The average Bonchev–Trinajstić information content (AvgIpc) is 2.89. The van der Waals surface area contributed by atoms with Gasteiger partial charge in [-0.1, -0.05) is 12.1 Å². The SMILES string of the molecule is NCc1cccc2oc(COc3ccc(O)cc3)cc12. The zero-order valence-corrected chi connectivity index (χ0v) is 10.9. The largest absolute Gasteiger partial charge is 0.508 e. The summed E-state index contributed by atoms with van der Waals surface area (Å²) in [5.41, 5.74) is 7.58. The number of aromatic hydroxyl groups is 1. The Labute approximate surface area is 116 Å². The Morgan fingerprint density at radius 3 is 2.65 bits per heavy atom. The van der Waals surface area contributed by atoms with Crippen molar-refractivity contribution in [2.75, 3.05) is 0 Å². The van der Waals surface area contributed by atoms with Crippen LogP contribution in [-0.2, 0) is 13.2 Å². The number of nitrogens with two attached hydrogens (primary N) is 1. The lowest BCUT2D eigenvalue weighted by Gasteiger charge is -2.03. The molecule has 2 aromatic carbocycles. The standard InChI is InChI=1S/C16H15NO3/c17-9-11-2-1-3-16-15(11)8-14(20-16)10-19-13-6-4-12(18)5-7-13/h1-8,18H,9-10,17H2. The highest BCUT2D eigenvalue weighted by atomic mass is 16.5. The van der Waals surface area contributed by atoms with Crippen molar-refractivity contribution < 1.29 is 14.3 Å². The van der Waals surface area contributed by atoms with Gasteiger partial charge in [-0.25, -0.2) is 0 Å². The van der Waals surface area contributed by atoms with Gasteiger partial charge in [0.15, 0.2) is 0 Å². The van der Waals surface area contributed by atoms with Crippen molar-refractivity contribution >= 4 is 11.0 Å². The Morgan fingerprint density at radius 2 is 1.90 bits per heavy atom. The van der Waals surface area contributed by atoms with Gasteiger partial charge in [0.2, 0.25) is 0 Å². The van der Waals surface area contributed by atoms with Gasteiger partial charge < -0.3 is 20.0 Å². The van der Waals surface area contributed by atoms with E-state index in [9.17, 15) is 5.11 Å². The number of fused-ring (bicyclic) bond motifs is 1. The van der Waals surface area contributed by atoms with Crippen molar-refractivity contribution in [2.24, 2.45) is 5.73 Å². The number of benzene rings is 2. The third kappa shape index (κ3) is 2.46. The second-order valence-corrected chi connectivity index (χ2v) is 4.53. The molecule has 0 saturated heterocycles. The van der Waals surface area contributed by atoms with E-state index in [0.717, 1.165) is 22.3 Å². The summed E-state index contributed by atoms with van der Waals surface area (Å²) in [7, 11) is 0. The summed E-state index contributed by atoms with van der Waals surface area (Å²) in [5, 5.41) is 10.2. The van der Waals surface area contributed by atoms with Gasteiger partial charge in [0, 0.05) is 11.9 Å². The molecule has 1 aromatic heterocycles. The van der Waals surface area contributed by atoms with Crippen LogP contribution in [0, 0.1) is 0 Å². The maximum absolute atomic E-state index is 9.21. The molecule has 0 aliphatic carbocycles. The van der Waals surface area contributed by atoms with Gasteiger partial charge in [-0.05, 0) is 42.0 Å². The average molecular weight is 269 g/mol. The molecule has 0 spiro atoms. The van der Waals surface area contributed by atoms with Crippen molar-refractivity contribution in [3.63, 3.8) is 0 Å². The van der Waals surface area contributed by atoms with Crippen LogP contribution in [0.2, 0.25) is 0 Å². The minimum atomic E-state index is 0.216. The van der Waals surface area contributed by atoms with Crippen molar-refractivity contribution in [1.29, 1.82) is 0 Å². The van der Waals surface area contributed by atoms with Crippen molar-refractivity contribution in [3.8, 4) is 11.5 Å². The number of hydrogen-bond donors (Lipinski definition) is 2. The summed E-state index contributed by atoms with van der Waals surface area (Å²) in [4.78, 5) is 0. The Bertz CT molecular complexity index is 716. The molecule has 20 heavy (non-hydrogen) atoms. The maximum Gasteiger partial charge on any atom is 0.146 e. The molecule has 3 N–H and O–H groups in total. The molecular weight excluding hydrogens is 254 g/mol. The minimum absolute atomic E-state index is 0.216. The van der Waals surface area contributed by atoms with E-state index in [4.69, 9.17) is 14.9 Å². The minimum Gasteiger partial charge on any atom is -0.508 e. The van der Waals surface area contributed by atoms with Crippen LogP contribution in [0.5, 0.6) is 11.5 Å². The van der Waals surface area contributed by atoms with E-state index < -0.39 is 0 Å². The number of hydrogen-bond acceptors (Lipinski definition) is 4. The van der Waals surface area contributed by atoms with Gasteiger partial charge in [-0.3, -0.25) is 0 Å². The van der Waals surface area contributed by atoms with E-state index >= 15 is 0 Å². The zero-order chi connectivity index (χ0) is 13.9. The first kappa shape index (κ1) is 12.6. The lowest BCUT2D eigenvalue weighted by atomic mass is 10.1. The third-order valence-corrected chi connectivity index (χ3v) is 3.14. The fourth-order valence-electron chi connectivity index (χ4n) is 2.12. The zero-order valence-electron chi connectivity index (χ0n) is 10.9. The van der Waals surface area contributed by atoms with E-state index in [1.165, 1.54) is 0 Å². The van der Waals surface area contributed by atoms with Crippen LogP contribution >= 0.6 is 0 Å². The molecule has 102 valence electrons. The Hall–Kier alpha value is -2.46. The summed E-state index contributed by atoms with van der Waals surface area (Å²) < 4.78 is 11.3. The van der Waals surface area contributed by atoms with Gasteiger partial charge >= 0.3 is 0 Å². The van der Waals surface area contributed by atoms with Crippen LogP contribution < -0.4 is 10.5 Å². The highest BCUT2D eigenvalue weighted by Gasteiger charge is 2.07. The van der Waals surface area contributed by atoms with Crippen LogP contribution in [0.15, 0.2) is 52.9 Å².